The molecule has 5 heteroatoms. The van der Waals surface area contributed by atoms with Crippen LogP contribution in [0.4, 0.5) is 0 Å². The van der Waals surface area contributed by atoms with E-state index in [0.29, 0.717) is 11.3 Å². The predicted octanol–water partition coefficient (Wildman–Crippen LogP) is 2.55. The molecule has 0 amide bonds. The Balaban J connectivity index is 2.15. The van der Waals surface area contributed by atoms with E-state index in [9.17, 15) is 10.2 Å². The van der Waals surface area contributed by atoms with E-state index in [1.807, 2.05) is 18.2 Å². The van der Waals surface area contributed by atoms with Crippen molar-refractivity contribution in [1.29, 1.82) is 0 Å². The number of hydrogen-bond donors (Lipinski definition) is 3. The summed E-state index contributed by atoms with van der Waals surface area (Å²) >= 11 is 0. The van der Waals surface area contributed by atoms with Gasteiger partial charge in [0.15, 0.2) is 0 Å². The molecular weight excluding hydrogens is 242 g/mol. The van der Waals surface area contributed by atoms with Crippen molar-refractivity contribution in [3.8, 4) is 34.0 Å². The third-order valence-corrected chi connectivity index (χ3v) is 2.83. The second-order valence-electron chi connectivity index (χ2n) is 4.08. The van der Waals surface area contributed by atoms with Crippen LogP contribution in [0.25, 0.3) is 22.5 Å². The Kier molecular flexibility index (Phi) is 2.64. The van der Waals surface area contributed by atoms with Crippen molar-refractivity contribution < 1.29 is 10.2 Å². The van der Waals surface area contributed by atoms with Crippen molar-refractivity contribution in [3.63, 3.8) is 0 Å². The summed E-state index contributed by atoms with van der Waals surface area (Å²) in [4.78, 5) is 4.26. The fourth-order valence-corrected chi connectivity index (χ4v) is 1.94. The monoisotopic (exact) mass is 253 g/mol. The highest BCUT2D eigenvalue weighted by molar-refractivity contribution is 5.81. The average Bonchev–Trinajstić information content (AvgIpc) is 2.89. The minimum atomic E-state index is -0.0126. The lowest BCUT2D eigenvalue weighted by molar-refractivity contribution is 0.452. The van der Waals surface area contributed by atoms with Crippen LogP contribution in [0.2, 0.25) is 0 Å². The zero-order valence-electron chi connectivity index (χ0n) is 9.91. The lowest BCUT2D eigenvalue weighted by Crippen LogP contribution is -1.85. The van der Waals surface area contributed by atoms with E-state index in [1.54, 1.807) is 18.5 Å². The number of nitrogens with one attached hydrogen (secondary N) is 1. The number of H-pyrrole nitrogens is 1. The zero-order valence-corrected chi connectivity index (χ0v) is 9.91. The molecule has 0 saturated heterocycles. The van der Waals surface area contributed by atoms with E-state index in [1.165, 1.54) is 12.1 Å². The third-order valence-electron chi connectivity index (χ3n) is 2.83. The van der Waals surface area contributed by atoms with E-state index < -0.39 is 0 Å². The zero-order chi connectivity index (χ0) is 13.2. The number of phenols is 2. The Morgan fingerprint density at radius 1 is 1.00 bits per heavy atom. The smallest absolute Gasteiger partial charge is 0.128 e. The largest absolute Gasteiger partial charge is 0.508 e. The standard InChI is InChI=1S/C14H11N3O2/c18-9-4-5-10(13(19)7-9)14-11(8-16-17-14)12-3-1-2-6-15-12/h1-8,18-19H,(H,16,17). The van der Waals surface area contributed by atoms with E-state index in [-0.39, 0.29) is 11.5 Å². The average molecular weight is 253 g/mol. The van der Waals surface area contributed by atoms with Crippen LogP contribution in [0.15, 0.2) is 48.8 Å². The maximum Gasteiger partial charge on any atom is 0.128 e. The van der Waals surface area contributed by atoms with Gasteiger partial charge in [-0.3, -0.25) is 10.1 Å². The van der Waals surface area contributed by atoms with Crippen molar-refractivity contribution >= 4 is 0 Å². The van der Waals surface area contributed by atoms with Crippen LogP contribution < -0.4 is 0 Å². The molecule has 3 rings (SSSR count). The maximum absolute atomic E-state index is 9.91. The molecule has 0 spiro atoms. The summed E-state index contributed by atoms with van der Waals surface area (Å²) in [5.41, 5.74) is 2.78. The Morgan fingerprint density at radius 2 is 1.89 bits per heavy atom. The summed E-state index contributed by atoms with van der Waals surface area (Å²) in [6, 6.07) is 10.0. The van der Waals surface area contributed by atoms with Crippen LogP contribution in [-0.4, -0.2) is 25.4 Å². The molecule has 0 atom stereocenters. The SMILES string of the molecule is Oc1ccc(-c2[nH]ncc2-c2ccccn2)c(O)c1. The molecule has 0 unspecified atom stereocenters. The van der Waals surface area contributed by atoms with Crippen LogP contribution in [0.1, 0.15) is 0 Å². The fraction of sp³-hybridized carbons (Fsp3) is 0. The van der Waals surface area contributed by atoms with E-state index >= 15 is 0 Å². The molecule has 5 nitrogen and oxygen atoms in total. The quantitative estimate of drug-likeness (QED) is 0.655. The molecule has 0 aliphatic heterocycles. The second-order valence-corrected chi connectivity index (χ2v) is 4.08. The number of pyridine rings is 1. The number of benzene rings is 1. The lowest BCUT2D eigenvalue weighted by Gasteiger charge is -2.05. The molecule has 1 aromatic carbocycles. The topological polar surface area (TPSA) is 82.0 Å². The Bertz CT molecular complexity index is 708. The minimum absolute atomic E-state index is 0.0126. The number of aromatic hydroxyl groups is 2. The molecule has 19 heavy (non-hydrogen) atoms. The molecule has 3 N–H and O–H groups in total. The van der Waals surface area contributed by atoms with Gasteiger partial charge in [-0.1, -0.05) is 6.07 Å². The highest BCUT2D eigenvalue weighted by Crippen LogP contribution is 2.35. The number of aromatic amines is 1. The summed E-state index contributed by atoms with van der Waals surface area (Å²) in [5, 5.41) is 26.1. The molecule has 2 aromatic heterocycles. The molecule has 3 aromatic rings. The maximum atomic E-state index is 9.91. The summed E-state index contributed by atoms with van der Waals surface area (Å²) in [6.45, 7) is 0. The van der Waals surface area contributed by atoms with Crippen LogP contribution in [0.5, 0.6) is 11.5 Å². The van der Waals surface area contributed by atoms with Gasteiger partial charge in [0.2, 0.25) is 0 Å². The first-order valence-corrected chi connectivity index (χ1v) is 5.73. The predicted molar refractivity (Wildman–Crippen MR) is 70.6 cm³/mol. The Labute approximate surface area is 109 Å². The number of hydrogen-bond acceptors (Lipinski definition) is 4. The van der Waals surface area contributed by atoms with Gasteiger partial charge < -0.3 is 10.2 Å². The number of aromatic nitrogens is 3. The van der Waals surface area contributed by atoms with Crippen molar-refractivity contribution in [3.05, 3.63) is 48.8 Å². The first-order valence-electron chi connectivity index (χ1n) is 5.73. The van der Waals surface area contributed by atoms with Crippen molar-refractivity contribution in [2.75, 3.05) is 0 Å². The molecule has 0 radical (unpaired) electrons. The molecule has 0 saturated carbocycles. The minimum Gasteiger partial charge on any atom is -0.508 e. The highest BCUT2D eigenvalue weighted by Gasteiger charge is 2.14. The molecule has 0 aliphatic rings. The van der Waals surface area contributed by atoms with Crippen molar-refractivity contribution in [2.45, 2.75) is 0 Å². The Morgan fingerprint density at radius 3 is 2.63 bits per heavy atom. The number of phenolic OH excluding ortho intramolecular Hbond substituents is 2. The normalized spacial score (nSPS) is 10.5. The van der Waals surface area contributed by atoms with Crippen LogP contribution in [0, 0.1) is 0 Å². The first kappa shape index (κ1) is 11.3. The van der Waals surface area contributed by atoms with Gasteiger partial charge >= 0.3 is 0 Å². The van der Waals surface area contributed by atoms with Crippen LogP contribution in [-0.2, 0) is 0 Å². The number of rotatable bonds is 2. The molecule has 2 heterocycles. The third kappa shape index (κ3) is 2.01. The van der Waals surface area contributed by atoms with Crippen LogP contribution >= 0.6 is 0 Å². The molecule has 94 valence electrons. The van der Waals surface area contributed by atoms with E-state index in [2.05, 4.69) is 15.2 Å². The second kappa shape index (κ2) is 4.45. The van der Waals surface area contributed by atoms with E-state index in [4.69, 9.17) is 0 Å². The van der Waals surface area contributed by atoms with Gasteiger partial charge in [-0.15, -0.1) is 0 Å². The van der Waals surface area contributed by atoms with Gasteiger partial charge in [0.05, 0.1) is 17.6 Å². The van der Waals surface area contributed by atoms with Crippen molar-refractivity contribution in [1.82, 2.24) is 15.2 Å². The van der Waals surface area contributed by atoms with Gasteiger partial charge in [-0.2, -0.15) is 5.10 Å². The Hall–Kier alpha value is -2.82. The number of nitrogens with zero attached hydrogens (tertiary/aromatic N) is 2. The van der Waals surface area contributed by atoms with E-state index in [0.717, 1.165) is 11.3 Å². The van der Waals surface area contributed by atoms with Gasteiger partial charge in [0, 0.05) is 23.4 Å². The van der Waals surface area contributed by atoms with Gasteiger partial charge in [-0.25, -0.2) is 0 Å². The highest BCUT2D eigenvalue weighted by atomic mass is 16.3. The van der Waals surface area contributed by atoms with Gasteiger partial charge in [0.1, 0.15) is 11.5 Å². The molecule has 0 fully saturated rings. The van der Waals surface area contributed by atoms with Crippen LogP contribution in [0.3, 0.4) is 0 Å². The van der Waals surface area contributed by atoms with Gasteiger partial charge in [0.25, 0.3) is 0 Å². The van der Waals surface area contributed by atoms with Crippen molar-refractivity contribution in [2.24, 2.45) is 0 Å². The summed E-state index contributed by atoms with van der Waals surface area (Å²) in [5.74, 6) is 0.00147. The summed E-state index contributed by atoms with van der Waals surface area (Å²) in [6.07, 6.45) is 3.35. The lowest BCUT2D eigenvalue weighted by atomic mass is 10.0. The first-order chi connectivity index (χ1) is 9.25. The fourth-order valence-electron chi connectivity index (χ4n) is 1.94. The summed E-state index contributed by atoms with van der Waals surface area (Å²) in [7, 11) is 0. The summed E-state index contributed by atoms with van der Waals surface area (Å²) < 4.78 is 0. The molecule has 0 aliphatic carbocycles. The van der Waals surface area contributed by atoms with Gasteiger partial charge in [-0.05, 0) is 24.3 Å². The molecular formula is C14H11N3O2. The molecule has 0 bridgehead atoms.